The minimum absolute atomic E-state index is 0.130. The Bertz CT molecular complexity index is 328. The first-order valence-electron chi connectivity index (χ1n) is 3.84. The molecule has 0 unspecified atom stereocenters. The van der Waals surface area contributed by atoms with Crippen LogP contribution in [0.4, 0.5) is 4.39 Å². The first-order valence-corrected chi connectivity index (χ1v) is 5.02. The molecule has 0 amide bonds. The van der Waals surface area contributed by atoms with Gasteiger partial charge in [0.2, 0.25) is 0 Å². The Kier molecular flexibility index (Phi) is 3.56. The molecule has 0 spiro atoms. The molecule has 0 radical (unpaired) electrons. The van der Waals surface area contributed by atoms with Gasteiger partial charge in [0.25, 0.3) is 0 Å². The molecule has 4 heteroatoms. The number of hydrogen-bond acceptors (Lipinski definition) is 1. The van der Waals surface area contributed by atoms with Crippen molar-refractivity contribution in [3.63, 3.8) is 0 Å². The van der Waals surface area contributed by atoms with Gasteiger partial charge < -0.3 is 4.74 Å². The summed E-state index contributed by atoms with van der Waals surface area (Å²) in [5.74, 6) is -0.272. The van der Waals surface area contributed by atoms with Crippen LogP contribution in [0.2, 0.25) is 5.02 Å². The fraction of sp³-hybridized carbons (Fsp3) is 0.333. The molecule has 13 heavy (non-hydrogen) atoms. The van der Waals surface area contributed by atoms with Gasteiger partial charge in [-0.2, -0.15) is 0 Å². The van der Waals surface area contributed by atoms with Gasteiger partial charge in [0, 0.05) is 10.0 Å². The van der Waals surface area contributed by atoms with Gasteiger partial charge in [-0.05, 0) is 19.9 Å². The number of halogens is 3. The zero-order valence-electron chi connectivity index (χ0n) is 7.33. The lowest BCUT2D eigenvalue weighted by Gasteiger charge is -2.09. The Morgan fingerprint density at radius 2 is 2.23 bits per heavy atom. The molecule has 1 rings (SSSR count). The molecule has 0 bridgehead atoms. The van der Waals surface area contributed by atoms with Gasteiger partial charge in [-0.15, -0.1) is 0 Å². The second-order valence-corrected chi connectivity index (χ2v) is 3.80. The summed E-state index contributed by atoms with van der Waals surface area (Å²) in [6, 6.07) is 1.63. The average molecular weight is 268 g/mol. The highest BCUT2D eigenvalue weighted by molar-refractivity contribution is 9.10. The van der Waals surface area contributed by atoms with Crippen LogP contribution in [0.1, 0.15) is 12.5 Å². The minimum Gasteiger partial charge on any atom is -0.489 e. The van der Waals surface area contributed by atoms with Crippen molar-refractivity contribution in [3.05, 3.63) is 26.9 Å². The summed E-state index contributed by atoms with van der Waals surface area (Å²) in [5.41, 5.74) is 0.507. The molecule has 0 saturated carbocycles. The van der Waals surface area contributed by atoms with Crippen LogP contribution in [0.15, 0.2) is 10.5 Å². The van der Waals surface area contributed by atoms with Crippen molar-refractivity contribution in [1.82, 2.24) is 0 Å². The molecule has 0 aliphatic rings. The van der Waals surface area contributed by atoms with E-state index in [2.05, 4.69) is 15.9 Å². The van der Waals surface area contributed by atoms with Crippen LogP contribution in [0.3, 0.4) is 0 Å². The Morgan fingerprint density at radius 1 is 1.62 bits per heavy atom. The summed E-state index contributed by atoms with van der Waals surface area (Å²) in [4.78, 5) is 0. The Balaban J connectivity index is 3.26. The van der Waals surface area contributed by atoms with E-state index in [-0.39, 0.29) is 10.8 Å². The minimum atomic E-state index is -0.402. The van der Waals surface area contributed by atoms with E-state index in [1.54, 1.807) is 19.9 Å². The summed E-state index contributed by atoms with van der Waals surface area (Å²) in [5, 5.41) is 0.289. The molecule has 0 aliphatic carbocycles. The molecule has 0 saturated heterocycles. The molecule has 0 heterocycles. The van der Waals surface area contributed by atoms with Crippen LogP contribution >= 0.6 is 27.5 Å². The van der Waals surface area contributed by atoms with E-state index in [1.807, 2.05) is 0 Å². The van der Waals surface area contributed by atoms with E-state index in [0.29, 0.717) is 16.6 Å². The zero-order valence-corrected chi connectivity index (χ0v) is 9.67. The zero-order chi connectivity index (χ0) is 10.0. The third-order valence-corrected chi connectivity index (χ3v) is 2.75. The number of benzene rings is 1. The number of ether oxygens (including phenoxy) is 1. The van der Waals surface area contributed by atoms with Crippen molar-refractivity contribution in [1.29, 1.82) is 0 Å². The van der Waals surface area contributed by atoms with Crippen LogP contribution < -0.4 is 4.74 Å². The summed E-state index contributed by atoms with van der Waals surface area (Å²) in [6.07, 6.45) is 0. The van der Waals surface area contributed by atoms with Crippen molar-refractivity contribution in [3.8, 4) is 5.75 Å². The van der Waals surface area contributed by atoms with Crippen molar-refractivity contribution >= 4 is 27.5 Å². The van der Waals surface area contributed by atoms with Gasteiger partial charge in [0.1, 0.15) is 0 Å². The largest absolute Gasteiger partial charge is 0.489 e. The van der Waals surface area contributed by atoms with Crippen LogP contribution in [-0.4, -0.2) is 6.61 Å². The highest BCUT2D eigenvalue weighted by Gasteiger charge is 2.13. The van der Waals surface area contributed by atoms with E-state index in [9.17, 15) is 4.39 Å². The van der Waals surface area contributed by atoms with E-state index in [4.69, 9.17) is 16.3 Å². The van der Waals surface area contributed by atoms with Gasteiger partial charge in [0.15, 0.2) is 11.6 Å². The highest BCUT2D eigenvalue weighted by atomic mass is 79.9. The maximum atomic E-state index is 13.5. The SMILES string of the molecule is CCOc1c(Cl)cc(Br)c(C)c1F. The molecule has 0 N–H and O–H groups in total. The fourth-order valence-electron chi connectivity index (χ4n) is 0.942. The van der Waals surface area contributed by atoms with Crippen molar-refractivity contribution in [2.75, 3.05) is 6.61 Å². The van der Waals surface area contributed by atoms with E-state index >= 15 is 0 Å². The topological polar surface area (TPSA) is 9.23 Å². The lowest BCUT2D eigenvalue weighted by atomic mass is 10.2. The van der Waals surface area contributed by atoms with E-state index in [0.717, 1.165) is 0 Å². The van der Waals surface area contributed by atoms with Gasteiger partial charge in [-0.1, -0.05) is 27.5 Å². The summed E-state index contributed by atoms with van der Waals surface area (Å²) < 4.78 is 19.2. The summed E-state index contributed by atoms with van der Waals surface area (Å²) in [7, 11) is 0. The lowest BCUT2D eigenvalue weighted by Crippen LogP contribution is -1.97. The molecule has 0 atom stereocenters. The first-order chi connectivity index (χ1) is 6.07. The van der Waals surface area contributed by atoms with E-state index in [1.165, 1.54) is 0 Å². The maximum Gasteiger partial charge on any atom is 0.173 e. The second-order valence-electron chi connectivity index (χ2n) is 2.54. The second kappa shape index (κ2) is 4.29. The summed E-state index contributed by atoms with van der Waals surface area (Å²) >= 11 is 8.99. The molecule has 0 aromatic heterocycles. The monoisotopic (exact) mass is 266 g/mol. The molecule has 1 nitrogen and oxygen atoms in total. The Hall–Kier alpha value is -0.280. The molecule has 72 valence electrons. The molecule has 0 aliphatic heterocycles. The van der Waals surface area contributed by atoms with Crippen molar-refractivity contribution < 1.29 is 9.13 Å². The van der Waals surface area contributed by atoms with Crippen LogP contribution in [0, 0.1) is 12.7 Å². The number of rotatable bonds is 2. The maximum absolute atomic E-state index is 13.5. The normalized spacial score (nSPS) is 10.2. The Labute approximate surface area is 90.0 Å². The molecule has 0 fully saturated rings. The smallest absolute Gasteiger partial charge is 0.173 e. The van der Waals surface area contributed by atoms with Crippen molar-refractivity contribution in [2.45, 2.75) is 13.8 Å². The van der Waals surface area contributed by atoms with E-state index < -0.39 is 5.82 Å². The third-order valence-electron chi connectivity index (χ3n) is 1.65. The van der Waals surface area contributed by atoms with Crippen LogP contribution in [0.5, 0.6) is 5.75 Å². The van der Waals surface area contributed by atoms with Crippen LogP contribution in [-0.2, 0) is 0 Å². The lowest BCUT2D eigenvalue weighted by molar-refractivity contribution is 0.321. The van der Waals surface area contributed by atoms with Gasteiger partial charge >= 0.3 is 0 Å². The predicted molar refractivity (Wildman–Crippen MR) is 55.0 cm³/mol. The standard InChI is InChI=1S/C9H9BrClFO/c1-3-13-9-7(11)4-6(10)5(2)8(9)12/h4H,3H2,1-2H3. The first kappa shape index (κ1) is 10.8. The molecular weight excluding hydrogens is 258 g/mol. The third kappa shape index (κ3) is 2.15. The van der Waals surface area contributed by atoms with Gasteiger partial charge in [-0.3, -0.25) is 0 Å². The molecular formula is C9H9BrClFO. The number of hydrogen-bond donors (Lipinski definition) is 0. The van der Waals surface area contributed by atoms with Crippen molar-refractivity contribution in [2.24, 2.45) is 0 Å². The summed E-state index contributed by atoms with van der Waals surface area (Å²) in [6.45, 7) is 3.85. The molecule has 1 aromatic rings. The van der Waals surface area contributed by atoms with Gasteiger partial charge in [0.05, 0.1) is 11.6 Å². The average Bonchev–Trinajstić information content (AvgIpc) is 2.09. The highest BCUT2D eigenvalue weighted by Crippen LogP contribution is 2.34. The fourth-order valence-corrected chi connectivity index (χ4v) is 1.72. The Morgan fingerprint density at radius 3 is 2.77 bits per heavy atom. The van der Waals surface area contributed by atoms with Gasteiger partial charge in [-0.25, -0.2) is 4.39 Å². The predicted octanol–water partition coefficient (Wildman–Crippen LogP) is 3.95. The molecule has 1 aromatic carbocycles. The quantitative estimate of drug-likeness (QED) is 0.788. The van der Waals surface area contributed by atoms with Crippen LogP contribution in [0.25, 0.3) is 0 Å².